The molecule has 2 heterocycles. The van der Waals surface area contributed by atoms with E-state index in [1.165, 1.54) is 0 Å². The Morgan fingerprint density at radius 2 is 2.00 bits per heavy atom. The minimum absolute atomic E-state index is 0.153. The second-order valence-corrected chi connectivity index (χ2v) is 7.95. The summed E-state index contributed by atoms with van der Waals surface area (Å²) in [4.78, 5) is 17.7. The van der Waals surface area contributed by atoms with E-state index in [-0.39, 0.29) is 11.3 Å². The molecule has 1 aromatic heterocycles. The van der Waals surface area contributed by atoms with Crippen LogP contribution >= 0.6 is 0 Å². The van der Waals surface area contributed by atoms with Gasteiger partial charge in [0.1, 0.15) is 0 Å². The van der Waals surface area contributed by atoms with Crippen LogP contribution in [0.5, 0.6) is 0 Å². The van der Waals surface area contributed by atoms with Gasteiger partial charge in [0, 0.05) is 42.8 Å². The molecular formula is C19H28N4O. The second-order valence-electron chi connectivity index (χ2n) is 7.95. The summed E-state index contributed by atoms with van der Waals surface area (Å²) in [5.74, 6) is 0.153. The number of aromatic nitrogens is 1. The van der Waals surface area contributed by atoms with Gasteiger partial charge in [-0.3, -0.25) is 15.6 Å². The first-order chi connectivity index (χ1) is 11.3. The molecular weight excluding hydrogens is 300 g/mol. The number of nitrogens with one attached hydrogen (secondary N) is 3. The van der Waals surface area contributed by atoms with Crippen molar-refractivity contribution in [1.29, 1.82) is 0 Å². The number of amides is 1. The second kappa shape index (κ2) is 6.57. The maximum Gasteiger partial charge on any atom is 0.226 e. The zero-order valence-electron chi connectivity index (χ0n) is 15.0. The van der Waals surface area contributed by atoms with Gasteiger partial charge in [-0.25, -0.2) is 0 Å². The van der Waals surface area contributed by atoms with Gasteiger partial charge in [0.05, 0.1) is 6.42 Å². The van der Waals surface area contributed by atoms with Crippen LogP contribution < -0.4 is 10.9 Å². The van der Waals surface area contributed by atoms with E-state index < -0.39 is 0 Å². The third kappa shape index (κ3) is 3.62. The first kappa shape index (κ1) is 17.0. The number of aromatic amines is 1. The summed E-state index contributed by atoms with van der Waals surface area (Å²) in [5.41, 5.74) is 9.07. The quantitative estimate of drug-likeness (QED) is 0.808. The number of para-hydroxylation sites is 1. The van der Waals surface area contributed by atoms with Gasteiger partial charge >= 0.3 is 0 Å². The van der Waals surface area contributed by atoms with E-state index in [1.807, 2.05) is 36.3 Å². The van der Waals surface area contributed by atoms with E-state index >= 15 is 0 Å². The lowest BCUT2D eigenvalue weighted by molar-refractivity contribution is -0.129. The summed E-state index contributed by atoms with van der Waals surface area (Å²) in [6.07, 6.45) is 3.42. The van der Waals surface area contributed by atoms with Crippen molar-refractivity contribution in [1.82, 2.24) is 20.7 Å². The molecule has 1 aliphatic heterocycles. The minimum Gasteiger partial charge on any atom is -0.361 e. The van der Waals surface area contributed by atoms with Crippen LogP contribution in [0.3, 0.4) is 0 Å². The molecule has 24 heavy (non-hydrogen) atoms. The van der Waals surface area contributed by atoms with E-state index in [0.717, 1.165) is 29.4 Å². The van der Waals surface area contributed by atoms with E-state index in [2.05, 4.69) is 42.7 Å². The monoisotopic (exact) mass is 328 g/mol. The average molecular weight is 328 g/mol. The van der Waals surface area contributed by atoms with Crippen molar-refractivity contribution in [3.8, 4) is 0 Å². The maximum atomic E-state index is 12.6. The molecule has 3 rings (SSSR count). The van der Waals surface area contributed by atoms with Crippen molar-refractivity contribution in [2.24, 2.45) is 5.41 Å². The lowest BCUT2D eigenvalue weighted by atomic mass is 9.84. The molecule has 0 bridgehead atoms. The van der Waals surface area contributed by atoms with Crippen LogP contribution in [0, 0.1) is 5.41 Å². The Bertz CT molecular complexity index is 715. The number of hydrogen-bond donors (Lipinski definition) is 3. The molecule has 5 heteroatoms. The summed E-state index contributed by atoms with van der Waals surface area (Å²) in [6, 6.07) is 8.83. The predicted octanol–water partition coefficient (Wildman–Crippen LogP) is 2.45. The molecule has 130 valence electrons. The topological polar surface area (TPSA) is 60.2 Å². The molecule has 1 saturated heterocycles. The zero-order chi connectivity index (χ0) is 17.3. The van der Waals surface area contributed by atoms with Gasteiger partial charge in [-0.05, 0) is 23.5 Å². The third-order valence-electron chi connectivity index (χ3n) is 4.96. The van der Waals surface area contributed by atoms with Gasteiger partial charge in [-0.2, -0.15) is 0 Å². The molecule has 0 spiro atoms. The molecule has 1 amide bonds. The van der Waals surface area contributed by atoms with Crippen LogP contribution in [-0.4, -0.2) is 41.5 Å². The van der Waals surface area contributed by atoms with Gasteiger partial charge in [0.2, 0.25) is 5.91 Å². The zero-order valence-corrected chi connectivity index (χ0v) is 15.0. The van der Waals surface area contributed by atoms with Crippen LogP contribution in [-0.2, 0) is 11.2 Å². The van der Waals surface area contributed by atoms with E-state index in [4.69, 9.17) is 0 Å². The number of carbonyl (C=O) groups is 1. The number of H-pyrrole nitrogens is 1. The van der Waals surface area contributed by atoms with E-state index in [9.17, 15) is 4.79 Å². The fourth-order valence-corrected chi connectivity index (χ4v) is 3.32. The number of nitrogens with zero attached hydrogens (tertiary/aromatic N) is 1. The molecule has 0 aliphatic carbocycles. The minimum atomic E-state index is 0.153. The molecule has 0 saturated carbocycles. The average Bonchev–Trinajstić information content (AvgIpc) is 3.14. The van der Waals surface area contributed by atoms with Gasteiger partial charge < -0.3 is 9.88 Å². The summed E-state index contributed by atoms with van der Waals surface area (Å²) in [5, 5.41) is 1.13. The molecule has 0 radical (unpaired) electrons. The summed E-state index contributed by atoms with van der Waals surface area (Å²) in [7, 11) is 1.89. The third-order valence-corrected chi connectivity index (χ3v) is 4.96. The lowest BCUT2D eigenvalue weighted by Gasteiger charge is -2.26. The predicted molar refractivity (Wildman–Crippen MR) is 97.6 cm³/mol. The fraction of sp³-hybridized carbons (Fsp3) is 0.526. The number of likely N-dealkylation sites (N-methyl/N-ethyl adjacent to an activating group) is 1. The normalized spacial score (nSPS) is 21.3. The molecule has 1 fully saturated rings. The number of fused-ring (bicyclic) bond motifs is 1. The lowest BCUT2D eigenvalue weighted by Crippen LogP contribution is -2.43. The number of hydrazine groups is 1. The number of carbonyl (C=O) groups excluding carboxylic acids is 1. The number of hydrogen-bond acceptors (Lipinski definition) is 3. The summed E-state index contributed by atoms with van der Waals surface area (Å²) in [6.45, 7) is 7.43. The SMILES string of the molecule is CN(CC1CC(C(C)(C)C)NN1)C(=O)Cc1c[nH]c2ccccc12. The molecule has 2 unspecified atom stereocenters. The van der Waals surface area contributed by atoms with E-state index in [0.29, 0.717) is 18.5 Å². The Morgan fingerprint density at radius 3 is 2.71 bits per heavy atom. The van der Waals surface area contributed by atoms with Crippen molar-refractivity contribution in [3.63, 3.8) is 0 Å². The molecule has 2 aromatic rings. The molecule has 1 aromatic carbocycles. The Hall–Kier alpha value is -1.85. The van der Waals surface area contributed by atoms with Crippen molar-refractivity contribution < 1.29 is 4.79 Å². The Morgan fingerprint density at radius 1 is 1.25 bits per heavy atom. The van der Waals surface area contributed by atoms with Crippen LogP contribution in [0.25, 0.3) is 10.9 Å². The van der Waals surface area contributed by atoms with Gasteiger partial charge in [-0.1, -0.05) is 39.0 Å². The Labute approximate surface area is 143 Å². The first-order valence-electron chi connectivity index (χ1n) is 8.64. The largest absolute Gasteiger partial charge is 0.361 e. The van der Waals surface area contributed by atoms with Gasteiger partial charge in [0.15, 0.2) is 0 Å². The maximum absolute atomic E-state index is 12.6. The van der Waals surface area contributed by atoms with Crippen molar-refractivity contribution >= 4 is 16.8 Å². The standard InChI is InChI=1S/C19H28N4O/c1-19(2,3)17-10-14(21-22-17)12-23(4)18(24)9-13-11-20-16-8-6-5-7-15(13)16/h5-8,11,14,17,20-22H,9-10,12H2,1-4H3. The highest BCUT2D eigenvalue weighted by atomic mass is 16.2. The smallest absolute Gasteiger partial charge is 0.226 e. The number of benzene rings is 1. The highest BCUT2D eigenvalue weighted by Crippen LogP contribution is 2.25. The summed E-state index contributed by atoms with van der Waals surface area (Å²) >= 11 is 0. The van der Waals surface area contributed by atoms with Crippen molar-refractivity contribution in [3.05, 3.63) is 36.0 Å². The molecule has 5 nitrogen and oxygen atoms in total. The van der Waals surface area contributed by atoms with Gasteiger partial charge in [-0.15, -0.1) is 0 Å². The highest BCUT2D eigenvalue weighted by molar-refractivity contribution is 5.88. The fourth-order valence-electron chi connectivity index (χ4n) is 3.32. The molecule has 2 atom stereocenters. The van der Waals surface area contributed by atoms with E-state index in [1.54, 1.807) is 0 Å². The highest BCUT2D eigenvalue weighted by Gasteiger charge is 2.33. The van der Waals surface area contributed by atoms with Crippen molar-refractivity contribution in [2.45, 2.75) is 45.7 Å². The van der Waals surface area contributed by atoms with Crippen LogP contribution in [0.2, 0.25) is 0 Å². The van der Waals surface area contributed by atoms with Crippen LogP contribution in [0.15, 0.2) is 30.5 Å². The van der Waals surface area contributed by atoms with Crippen LogP contribution in [0.1, 0.15) is 32.8 Å². The number of rotatable bonds is 4. The Balaban J connectivity index is 1.58. The molecule has 3 N–H and O–H groups in total. The van der Waals surface area contributed by atoms with Crippen molar-refractivity contribution in [2.75, 3.05) is 13.6 Å². The van der Waals surface area contributed by atoms with Gasteiger partial charge in [0.25, 0.3) is 0 Å². The summed E-state index contributed by atoms with van der Waals surface area (Å²) < 4.78 is 0. The molecule has 1 aliphatic rings. The Kier molecular flexibility index (Phi) is 4.65. The first-order valence-corrected chi connectivity index (χ1v) is 8.64. The van der Waals surface area contributed by atoms with Crippen LogP contribution in [0.4, 0.5) is 0 Å².